The fraction of sp³-hybridized carbons (Fsp3) is 0.226. The van der Waals surface area contributed by atoms with Gasteiger partial charge in [0.25, 0.3) is 11.5 Å². The number of fused-ring (bicyclic) bond motifs is 3. The van der Waals surface area contributed by atoms with Gasteiger partial charge in [-0.2, -0.15) is 4.74 Å². The van der Waals surface area contributed by atoms with Crippen LogP contribution in [0.3, 0.4) is 0 Å². The van der Waals surface area contributed by atoms with Crippen LogP contribution in [0.5, 0.6) is 0 Å². The van der Waals surface area contributed by atoms with E-state index in [1.807, 2.05) is 31.2 Å². The molecule has 3 N–H and O–H groups in total. The molecule has 0 aliphatic heterocycles. The summed E-state index contributed by atoms with van der Waals surface area (Å²) in [6.07, 6.45) is 2.73. The topological polar surface area (TPSA) is 125 Å². The Morgan fingerprint density at radius 3 is 2.50 bits per heavy atom. The number of primary amides is 1. The van der Waals surface area contributed by atoms with Crippen molar-refractivity contribution in [3.05, 3.63) is 93.2 Å². The van der Waals surface area contributed by atoms with Crippen LogP contribution in [0, 0.1) is 6.92 Å². The van der Waals surface area contributed by atoms with Gasteiger partial charge >= 0.3 is 0 Å². The second kappa shape index (κ2) is 9.68. The molecule has 0 radical (unpaired) electrons. The standard InChI is InChI=1S/C31H29N5O4/c1-4-36-25(18-11-13-19(14-12-18)26-17(2)40-35(3)31(26)39)16-23-22-9-6-10-24(22)34-27(28(23)36)30(38)33-21-8-5-7-20(15-21)29(32)37/h5,7-8,11-16H,4,6,9-10H2,1-3H3,(H2,32,37)(H,33,38). The summed E-state index contributed by atoms with van der Waals surface area (Å²) in [4.78, 5) is 42.7. The molecule has 6 rings (SSSR count). The highest BCUT2D eigenvalue weighted by molar-refractivity contribution is 6.12. The quantitative estimate of drug-likeness (QED) is 0.322. The second-order valence-electron chi connectivity index (χ2n) is 10.1. The molecule has 1 aliphatic carbocycles. The number of carbonyl (C=O) groups excluding carboxylic acids is 2. The number of nitrogens with two attached hydrogens (primary N) is 1. The molecular weight excluding hydrogens is 506 g/mol. The molecule has 9 nitrogen and oxygen atoms in total. The second-order valence-corrected chi connectivity index (χ2v) is 10.1. The maximum atomic E-state index is 13.6. The Morgan fingerprint density at radius 1 is 1.07 bits per heavy atom. The minimum Gasteiger partial charge on any atom is -0.381 e. The van der Waals surface area contributed by atoms with Crippen molar-refractivity contribution in [1.82, 2.24) is 14.3 Å². The summed E-state index contributed by atoms with van der Waals surface area (Å²) >= 11 is 0. The van der Waals surface area contributed by atoms with E-state index in [0.29, 0.717) is 34.8 Å². The average Bonchev–Trinajstić information content (AvgIpc) is 3.63. The summed E-state index contributed by atoms with van der Waals surface area (Å²) in [6, 6.07) is 16.5. The molecule has 1 aliphatic rings. The minimum atomic E-state index is -0.562. The van der Waals surface area contributed by atoms with Crippen LogP contribution in [-0.4, -0.2) is 26.1 Å². The Balaban J connectivity index is 1.46. The van der Waals surface area contributed by atoms with E-state index in [1.165, 1.54) is 10.3 Å². The van der Waals surface area contributed by atoms with Gasteiger partial charge in [-0.15, -0.1) is 0 Å². The third kappa shape index (κ3) is 4.10. The first kappa shape index (κ1) is 25.4. The molecule has 2 aromatic carbocycles. The monoisotopic (exact) mass is 535 g/mol. The lowest BCUT2D eigenvalue weighted by Crippen LogP contribution is -2.18. The summed E-state index contributed by atoms with van der Waals surface area (Å²) < 4.78 is 8.81. The van der Waals surface area contributed by atoms with E-state index in [1.54, 1.807) is 38.2 Å². The molecule has 0 bridgehead atoms. The fourth-order valence-corrected chi connectivity index (χ4v) is 5.76. The van der Waals surface area contributed by atoms with Crippen LogP contribution in [0.2, 0.25) is 0 Å². The van der Waals surface area contributed by atoms with Gasteiger partial charge in [-0.05, 0) is 74.1 Å². The van der Waals surface area contributed by atoms with Crippen molar-refractivity contribution < 1.29 is 14.1 Å². The molecule has 0 saturated carbocycles. The van der Waals surface area contributed by atoms with Crippen LogP contribution in [0.4, 0.5) is 5.69 Å². The molecule has 0 saturated heterocycles. The Morgan fingerprint density at radius 2 is 1.82 bits per heavy atom. The number of nitrogens with one attached hydrogen (secondary N) is 1. The normalized spacial score (nSPS) is 12.6. The molecule has 40 heavy (non-hydrogen) atoms. The lowest BCUT2D eigenvalue weighted by molar-refractivity contribution is 0.0995. The number of hydrogen-bond acceptors (Lipinski definition) is 5. The number of hydrogen-bond donors (Lipinski definition) is 2. The van der Waals surface area contributed by atoms with E-state index in [2.05, 4.69) is 16.0 Å². The number of amides is 2. The van der Waals surface area contributed by atoms with E-state index in [4.69, 9.17) is 15.2 Å². The van der Waals surface area contributed by atoms with Gasteiger partial charge in [0.2, 0.25) is 5.91 Å². The summed E-state index contributed by atoms with van der Waals surface area (Å²) in [6.45, 7) is 4.45. The predicted molar refractivity (Wildman–Crippen MR) is 153 cm³/mol. The molecule has 5 aromatic rings. The summed E-state index contributed by atoms with van der Waals surface area (Å²) in [5.41, 5.74) is 12.6. The number of nitrogens with zero attached hydrogens (tertiary/aromatic N) is 3. The smallest absolute Gasteiger partial charge is 0.290 e. The van der Waals surface area contributed by atoms with Crippen LogP contribution in [0.15, 0.2) is 63.9 Å². The van der Waals surface area contributed by atoms with Crippen molar-refractivity contribution in [1.29, 1.82) is 0 Å². The van der Waals surface area contributed by atoms with Crippen molar-refractivity contribution in [2.45, 2.75) is 39.7 Å². The summed E-state index contributed by atoms with van der Waals surface area (Å²) in [5, 5.41) is 3.94. The minimum absolute atomic E-state index is 0.174. The zero-order valence-corrected chi connectivity index (χ0v) is 22.6. The number of aromatic nitrogens is 3. The molecular formula is C31H29N5O4. The van der Waals surface area contributed by atoms with Crippen molar-refractivity contribution in [3.63, 3.8) is 0 Å². The first-order valence-corrected chi connectivity index (χ1v) is 13.3. The van der Waals surface area contributed by atoms with Crippen LogP contribution in [0.25, 0.3) is 33.3 Å². The van der Waals surface area contributed by atoms with Gasteiger partial charge in [0.1, 0.15) is 5.76 Å². The number of carbonyl (C=O) groups is 2. The van der Waals surface area contributed by atoms with Crippen LogP contribution < -0.4 is 16.6 Å². The zero-order valence-electron chi connectivity index (χ0n) is 22.6. The van der Waals surface area contributed by atoms with Crippen LogP contribution in [0.1, 0.15) is 51.2 Å². The first-order chi connectivity index (χ1) is 19.3. The van der Waals surface area contributed by atoms with E-state index in [0.717, 1.165) is 52.7 Å². The molecule has 3 aromatic heterocycles. The molecule has 3 heterocycles. The Labute approximate surface area is 230 Å². The number of rotatable bonds is 6. The number of pyridine rings is 1. The summed E-state index contributed by atoms with van der Waals surface area (Å²) in [5.74, 6) is -0.336. The third-order valence-electron chi connectivity index (χ3n) is 7.61. The molecule has 2 amide bonds. The molecule has 9 heteroatoms. The Kier molecular flexibility index (Phi) is 6.14. The van der Waals surface area contributed by atoms with Gasteiger partial charge in [0, 0.05) is 41.6 Å². The number of benzene rings is 2. The highest BCUT2D eigenvalue weighted by Crippen LogP contribution is 2.37. The maximum Gasteiger partial charge on any atom is 0.290 e. The number of anilines is 1. The highest BCUT2D eigenvalue weighted by atomic mass is 16.5. The van der Waals surface area contributed by atoms with Crippen molar-refractivity contribution in [2.75, 3.05) is 5.32 Å². The lowest BCUT2D eigenvalue weighted by Gasteiger charge is -2.13. The van der Waals surface area contributed by atoms with Crippen molar-refractivity contribution >= 4 is 28.4 Å². The number of aryl methyl sites for hydroxylation is 5. The molecule has 202 valence electrons. The van der Waals surface area contributed by atoms with E-state index >= 15 is 0 Å². The molecule has 0 unspecified atom stereocenters. The van der Waals surface area contributed by atoms with E-state index < -0.39 is 5.91 Å². The first-order valence-electron chi connectivity index (χ1n) is 13.3. The van der Waals surface area contributed by atoms with Gasteiger partial charge in [-0.25, -0.2) is 4.98 Å². The Hall–Kier alpha value is -4.92. The SMILES string of the molecule is CCn1c(-c2ccc(-c3c(C)on(C)c3=O)cc2)cc2c3c(nc(C(=O)Nc4cccc(C(N)=O)c4)c21)CCC3. The van der Waals surface area contributed by atoms with Crippen molar-refractivity contribution in [3.8, 4) is 22.4 Å². The average molecular weight is 536 g/mol. The Bertz CT molecular complexity index is 1870. The van der Waals surface area contributed by atoms with Gasteiger partial charge in [-0.1, -0.05) is 30.3 Å². The zero-order chi connectivity index (χ0) is 28.1. The van der Waals surface area contributed by atoms with Gasteiger partial charge < -0.3 is 20.1 Å². The predicted octanol–water partition coefficient (Wildman–Crippen LogP) is 4.83. The van der Waals surface area contributed by atoms with Crippen LogP contribution >= 0.6 is 0 Å². The molecule has 0 fully saturated rings. The third-order valence-corrected chi connectivity index (χ3v) is 7.61. The van der Waals surface area contributed by atoms with E-state index in [-0.39, 0.29) is 11.5 Å². The van der Waals surface area contributed by atoms with Gasteiger partial charge in [0.05, 0.1) is 11.1 Å². The lowest BCUT2D eigenvalue weighted by atomic mass is 10.0. The highest BCUT2D eigenvalue weighted by Gasteiger charge is 2.26. The van der Waals surface area contributed by atoms with Crippen molar-refractivity contribution in [2.24, 2.45) is 12.8 Å². The largest absolute Gasteiger partial charge is 0.381 e. The van der Waals surface area contributed by atoms with Gasteiger partial charge in [-0.3, -0.25) is 14.4 Å². The van der Waals surface area contributed by atoms with E-state index in [9.17, 15) is 14.4 Å². The fourth-order valence-electron chi connectivity index (χ4n) is 5.76. The van der Waals surface area contributed by atoms with Crippen LogP contribution in [-0.2, 0) is 26.4 Å². The summed E-state index contributed by atoms with van der Waals surface area (Å²) in [7, 11) is 1.60. The maximum absolute atomic E-state index is 13.6. The van der Waals surface area contributed by atoms with Gasteiger partial charge in [0.15, 0.2) is 5.69 Å². The molecule has 0 atom stereocenters. The molecule has 0 spiro atoms.